The molecule has 0 radical (unpaired) electrons. The Morgan fingerprint density at radius 2 is 0.906 bits per heavy atom. The van der Waals surface area contributed by atoms with Crippen LogP contribution in [0.4, 0.5) is 17.3 Å². The molecule has 0 saturated carbocycles. The van der Waals surface area contributed by atoms with Gasteiger partial charge in [0.05, 0.1) is 33.8 Å². The number of nitrogens with one attached hydrogen (secondary N) is 1. The van der Waals surface area contributed by atoms with Crippen LogP contribution in [-0.4, -0.2) is 26.8 Å². The molecule has 0 amide bonds. The zero-order valence-corrected chi connectivity index (χ0v) is 28.2. The highest BCUT2D eigenvalue weighted by atomic mass is 19.5. The lowest BCUT2D eigenvalue weighted by Gasteiger charge is -2.13. The fourth-order valence-electron chi connectivity index (χ4n) is 6.81. The van der Waals surface area contributed by atoms with Crippen LogP contribution in [-0.2, 0) is 0 Å². The summed E-state index contributed by atoms with van der Waals surface area (Å²) in [4.78, 5) is 13.9. The second-order valence-corrected chi connectivity index (χ2v) is 12.5. The van der Waals surface area contributed by atoms with Crippen molar-refractivity contribution in [3.63, 3.8) is 0 Å². The summed E-state index contributed by atoms with van der Waals surface area (Å²) in [5, 5.41) is 0. The quantitative estimate of drug-likeness (QED) is 0.147. The van der Waals surface area contributed by atoms with Gasteiger partial charge in [-0.3, -0.25) is 0 Å². The van der Waals surface area contributed by atoms with Gasteiger partial charge >= 0.3 is 8.68 Å². The number of rotatable bonds is 4. The summed E-state index contributed by atoms with van der Waals surface area (Å²) in [7, 11) is -6.00. The fourth-order valence-corrected chi connectivity index (χ4v) is 6.81. The van der Waals surface area contributed by atoms with E-state index >= 15 is 0 Å². The van der Waals surface area contributed by atoms with E-state index in [4.69, 9.17) is 9.97 Å². The van der Waals surface area contributed by atoms with E-state index in [2.05, 4.69) is 186 Å². The topological polar surface area (TPSA) is 46.5 Å². The van der Waals surface area contributed by atoms with Crippen molar-refractivity contribution in [3.8, 4) is 39.1 Å². The van der Waals surface area contributed by atoms with Crippen molar-refractivity contribution >= 4 is 53.6 Å². The Kier molecular flexibility index (Phi) is 8.90. The van der Waals surface area contributed by atoms with Gasteiger partial charge in [-0.25, -0.2) is 9.97 Å². The number of benzene rings is 4. The second kappa shape index (κ2) is 14.1. The number of fused-ring (bicyclic) bond motifs is 8. The van der Waals surface area contributed by atoms with Crippen molar-refractivity contribution in [3.05, 3.63) is 174 Å². The van der Waals surface area contributed by atoms with E-state index in [-0.39, 0.29) is 1.43 Å². The number of aromatic amines is 1. The summed E-state index contributed by atoms with van der Waals surface area (Å²) >= 11 is 0. The van der Waals surface area contributed by atoms with Gasteiger partial charge < -0.3 is 26.8 Å². The van der Waals surface area contributed by atoms with Crippen LogP contribution in [0.3, 0.4) is 0 Å². The van der Waals surface area contributed by atoms with Crippen molar-refractivity contribution in [2.75, 3.05) is 0 Å². The molecule has 0 unspecified atom stereocenters. The maximum atomic E-state index is 9.75. The van der Waals surface area contributed by atoms with Crippen molar-refractivity contribution in [2.24, 2.45) is 0 Å². The minimum Gasteiger partial charge on any atom is -0.418 e. The smallest absolute Gasteiger partial charge is 0.418 e. The number of hydrogen-bond donors (Lipinski definition) is 1. The van der Waals surface area contributed by atoms with Crippen LogP contribution in [0.15, 0.2) is 152 Å². The molecule has 0 spiro atoms. The number of halogens is 4. The van der Waals surface area contributed by atoms with Crippen LogP contribution in [0.1, 0.15) is 24.2 Å². The molecule has 0 fully saturated rings. The van der Waals surface area contributed by atoms with Crippen LogP contribution in [0.5, 0.6) is 0 Å². The molecule has 0 saturated heterocycles. The van der Waals surface area contributed by atoms with E-state index in [1.807, 2.05) is 0 Å². The van der Waals surface area contributed by atoms with Gasteiger partial charge in [0.25, 0.3) is 0 Å². The maximum absolute atomic E-state index is 9.75. The maximum Gasteiger partial charge on any atom is 1.00 e. The predicted molar refractivity (Wildman–Crippen MR) is 211 cm³/mol. The highest BCUT2D eigenvalue weighted by Gasteiger charge is 2.25. The van der Waals surface area contributed by atoms with Gasteiger partial charge in [0.1, 0.15) is 0 Å². The van der Waals surface area contributed by atoms with Gasteiger partial charge in [-0.1, -0.05) is 109 Å². The van der Waals surface area contributed by atoms with Crippen molar-refractivity contribution in [1.82, 2.24) is 19.5 Å². The van der Waals surface area contributed by atoms with Gasteiger partial charge in [-0.2, -0.15) is 0 Å². The Bertz CT molecular complexity index is 2650. The summed E-state index contributed by atoms with van der Waals surface area (Å²) in [6.45, 7) is 0. The van der Waals surface area contributed by atoms with E-state index in [0.29, 0.717) is 0 Å². The van der Waals surface area contributed by atoms with Crippen LogP contribution < -0.4 is 0 Å². The summed E-state index contributed by atoms with van der Waals surface area (Å²) in [5.74, 6) is 0. The molecule has 9 heteroatoms. The highest BCUT2D eigenvalue weighted by Crippen LogP contribution is 2.47. The molecule has 3 aromatic heterocycles. The van der Waals surface area contributed by atoms with E-state index in [1.165, 1.54) is 0 Å². The molecule has 258 valence electrons. The molecule has 0 atom stereocenters. The molecule has 0 aliphatic carbocycles. The van der Waals surface area contributed by atoms with Gasteiger partial charge in [-0.05, 0) is 83.5 Å². The third kappa shape index (κ3) is 7.23. The summed E-state index contributed by atoms with van der Waals surface area (Å²) in [5.41, 5.74) is 15.4. The average molecular weight is 703 g/mol. The molecule has 2 aliphatic heterocycles. The molecule has 7 aromatic rings. The highest BCUT2D eigenvalue weighted by molar-refractivity contribution is 6.50. The third-order valence-corrected chi connectivity index (χ3v) is 8.87. The van der Waals surface area contributed by atoms with Crippen LogP contribution >= 0.6 is 0 Å². The molecule has 4 aromatic carbocycles. The van der Waals surface area contributed by atoms with Crippen LogP contribution in [0.25, 0.3) is 85.4 Å². The monoisotopic (exact) mass is 702 g/mol. The largest absolute Gasteiger partial charge is 1.00 e. The number of hydrogen-bond acceptors (Lipinski definition) is 2. The minimum absolute atomic E-state index is 0. The lowest BCUT2D eigenvalue weighted by Crippen LogP contribution is -2.02. The first-order valence-electron chi connectivity index (χ1n) is 17.0. The van der Waals surface area contributed by atoms with E-state index in [9.17, 15) is 17.3 Å². The summed E-state index contributed by atoms with van der Waals surface area (Å²) in [6, 6.07) is 53.3. The number of nitrogens with zero attached hydrogens (tertiary/aromatic N) is 3. The zero-order valence-electron chi connectivity index (χ0n) is 29.2. The standard InChI is InChI=1S/C44H30N4.BF4/c1-5-13-30(14-6-1)41-39-26-25-36(47-39)28-35-22-21-33(45-35)27-34-23-24-37(46-34)29-40-42(31-15-7-2-8-16-31)43(32-17-9-3-10-18-32)44(41)48(40)38-19-11-4-12-20-38;2-1(3,4)5/h1-29,45H;/q;-1/p+1. The lowest BCUT2D eigenvalue weighted by molar-refractivity contribution is 0.368. The molecule has 8 bridgehead atoms. The molecular weight excluding hydrogens is 671 g/mol. The summed E-state index contributed by atoms with van der Waals surface area (Å²) in [6.07, 6.45) is 8.44. The average Bonchev–Trinajstić information content (AvgIpc) is 3.97. The second-order valence-electron chi connectivity index (χ2n) is 12.5. The Labute approximate surface area is 304 Å². The van der Waals surface area contributed by atoms with Gasteiger partial charge in [0, 0.05) is 33.4 Å². The Hall–Kier alpha value is -6.74. The molecule has 4 nitrogen and oxygen atoms in total. The van der Waals surface area contributed by atoms with Crippen molar-refractivity contribution < 1.29 is 18.7 Å². The molecule has 2 aliphatic rings. The molecular formula is C44H31BF4N4. The van der Waals surface area contributed by atoms with E-state index in [0.717, 1.165) is 83.9 Å². The van der Waals surface area contributed by atoms with Gasteiger partial charge in [-0.15, -0.1) is 0 Å². The first kappa shape index (κ1) is 33.4. The Balaban J connectivity index is 0.000000706. The van der Waals surface area contributed by atoms with Crippen LogP contribution in [0.2, 0.25) is 0 Å². The first-order valence-corrected chi connectivity index (χ1v) is 17.0. The Morgan fingerprint density at radius 1 is 0.472 bits per heavy atom. The number of aromatic nitrogens is 4. The lowest BCUT2D eigenvalue weighted by atomic mass is 9.93. The minimum atomic E-state index is -6.00. The number of H-pyrrole nitrogens is 1. The van der Waals surface area contributed by atoms with Crippen LogP contribution in [0, 0.1) is 0 Å². The van der Waals surface area contributed by atoms with Crippen molar-refractivity contribution in [1.29, 1.82) is 0 Å². The third-order valence-electron chi connectivity index (χ3n) is 8.87. The molecule has 53 heavy (non-hydrogen) atoms. The SMILES string of the molecule is C1=Cc2cc3c(-c4ccccc4)c(-c4ccccc4)c(c(-c4ccccc4)c4nc(cc5ccc(cc1n2)[nH]5)C=C4)n3-c1ccccc1.F[B-](F)(F)F.[H+]. The first-order chi connectivity index (χ1) is 25.8. The van der Waals surface area contributed by atoms with Gasteiger partial charge in [0.15, 0.2) is 0 Å². The molecule has 9 rings (SSSR count). The van der Waals surface area contributed by atoms with E-state index < -0.39 is 7.25 Å². The molecule has 1 N–H and O–H groups in total. The van der Waals surface area contributed by atoms with E-state index in [1.54, 1.807) is 0 Å². The fraction of sp³-hybridized carbons (Fsp3) is 0. The zero-order chi connectivity index (χ0) is 36.4. The summed E-state index contributed by atoms with van der Waals surface area (Å²) < 4.78 is 41.4. The molecule has 5 heterocycles. The Morgan fingerprint density at radius 3 is 1.45 bits per heavy atom. The van der Waals surface area contributed by atoms with Crippen molar-refractivity contribution in [2.45, 2.75) is 0 Å². The normalized spacial score (nSPS) is 12.0. The predicted octanol–water partition coefficient (Wildman–Crippen LogP) is 12.5. The number of para-hydroxylation sites is 1. The van der Waals surface area contributed by atoms with Gasteiger partial charge in [0.2, 0.25) is 0 Å².